The molecular weight excluding hydrogens is 332 g/mol. The monoisotopic (exact) mass is 342 g/mol. The Morgan fingerprint density at radius 2 is 2.00 bits per heavy atom. The Kier molecular flexibility index (Phi) is 3.79. The predicted octanol–water partition coefficient (Wildman–Crippen LogP) is 3.28. The number of aromatic nitrogens is 3. The number of rotatable bonds is 3. The molecule has 0 bridgehead atoms. The van der Waals surface area contributed by atoms with E-state index >= 15 is 0 Å². The summed E-state index contributed by atoms with van der Waals surface area (Å²) in [4.78, 5) is 20.4. The van der Waals surface area contributed by atoms with Gasteiger partial charge in [-0.1, -0.05) is 18.2 Å². The first kappa shape index (κ1) is 13.5. The zero-order valence-electron chi connectivity index (χ0n) is 10.9. The van der Waals surface area contributed by atoms with Gasteiger partial charge in [-0.2, -0.15) is 0 Å². The summed E-state index contributed by atoms with van der Waals surface area (Å²) in [7, 11) is 0. The van der Waals surface area contributed by atoms with E-state index in [1.165, 1.54) is 0 Å². The highest BCUT2D eigenvalue weighted by Crippen LogP contribution is 2.20. The molecule has 1 amide bonds. The third-order valence-electron chi connectivity index (χ3n) is 2.88. The molecule has 0 fully saturated rings. The minimum absolute atomic E-state index is 0.260. The van der Waals surface area contributed by atoms with Gasteiger partial charge in [0.2, 0.25) is 0 Å². The van der Waals surface area contributed by atoms with Crippen LogP contribution in [0.15, 0.2) is 65.8 Å². The van der Waals surface area contributed by atoms with Crippen LogP contribution in [-0.4, -0.2) is 20.4 Å². The highest BCUT2D eigenvalue weighted by molar-refractivity contribution is 9.10. The molecule has 0 saturated carbocycles. The van der Waals surface area contributed by atoms with E-state index in [9.17, 15) is 4.79 Å². The molecule has 0 aliphatic heterocycles. The van der Waals surface area contributed by atoms with Gasteiger partial charge in [-0.25, -0.2) is 9.97 Å². The van der Waals surface area contributed by atoms with E-state index in [2.05, 4.69) is 31.2 Å². The molecule has 0 atom stereocenters. The van der Waals surface area contributed by atoms with E-state index < -0.39 is 0 Å². The number of nitrogens with zero attached hydrogens (tertiary/aromatic N) is 3. The molecular formula is C15H11BrN4O. The number of anilines is 1. The van der Waals surface area contributed by atoms with Crippen LogP contribution in [0.25, 0.3) is 5.69 Å². The Balaban J connectivity index is 1.90. The summed E-state index contributed by atoms with van der Waals surface area (Å²) in [5.41, 5.74) is 1.89. The summed E-state index contributed by atoms with van der Waals surface area (Å²) in [6.45, 7) is 0. The quantitative estimate of drug-likeness (QED) is 0.743. The van der Waals surface area contributed by atoms with Gasteiger partial charge in [0.25, 0.3) is 5.91 Å². The fraction of sp³-hybridized carbons (Fsp3) is 0. The molecule has 3 aromatic rings. The summed E-state index contributed by atoms with van der Waals surface area (Å²) in [5, 5.41) is 2.87. The van der Waals surface area contributed by atoms with Gasteiger partial charge in [-0.15, -0.1) is 0 Å². The van der Waals surface area contributed by atoms with E-state index in [0.29, 0.717) is 16.0 Å². The molecule has 0 unspecified atom stereocenters. The molecule has 2 heterocycles. The molecule has 1 N–H and O–H groups in total. The Hall–Kier alpha value is -2.47. The van der Waals surface area contributed by atoms with Crippen LogP contribution in [0.1, 0.15) is 10.5 Å². The number of halogens is 1. The second kappa shape index (κ2) is 5.88. The lowest BCUT2D eigenvalue weighted by atomic mass is 10.2. The van der Waals surface area contributed by atoms with Gasteiger partial charge in [0.1, 0.15) is 10.3 Å². The van der Waals surface area contributed by atoms with Crippen molar-refractivity contribution in [2.24, 2.45) is 0 Å². The van der Waals surface area contributed by atoms with Crippen molar-refractivity contribution in [2.45, 2.75) is 0 Å². The number of para-hydroxylation sites is 2. The lowest BCUT2D eigenvalue weighted by Gasteiger charge is -2.11. The largest absolute Gasteiger partial charge is 0.319 e. The molecule has 0 saturated heterocycles. The molecule has 104 valence electrons. The topological polar surface area (TPSA) is 59.8 Å². The van der Waals surface area contributed by atoms with Gasteiger partial charge in [-0.05, 0) is 40.2 Å². The van der Waals surface area contributed by atoms with E-state index in [0.717, 1.165) is 5.69 Å². The van der Waals surface area contributed by atoms with Crippen molar-refractivity contribution in [1.82, 2.24) is 14.5 Å². The Morgan fingerprint density at radius 1 is 1.14 bits per heavy atom. The van der Waals surface area contributed by atoms with Crippen LogP contribution < -0.4 is 5.32 Å². The second-order valence-corrected chi connectivity index (χ2v) is 5.10. The number of carbonyl (C=O) groups is 1. The van der Waals surface area contributed by atoms with E-state index in [1.807, 2.05) is 35.0 Å². The van der Waals surface area contributed by atoms with Gasteiger partial charge in [0.15, 0.2) is 0 Å². The van der Waals surface area contributed by atoms with Crippen molar-refractivity contribution < 1.29 is 4.79 Å². The maximum Gasteiger partial charge on any atom is 0.274 e. The Morgan fingerprint density at radius 3 is 2.76 bits per heavy atom. The highest BCUT2D eigenvalue weighted by Gasteiger charge is 2.11. The average molecular weight is 343 g/mol. The fourth-order valence-corrected chi connectivity index (χ4v) is 2.27. The summed E-state index contributed by atoms with van der Waals surface area (Å²) >= 11 is 3.26. The summed E-state index contributed by atoms with van der Waals surface area (Å²) < 4.78 is 2.46. The van der Waals surface area contributed by atoms with Crippen LogP contribution >= 0.6 is 15.9 Å². The summed E-state index contributed by atoms with van der Waals surface area (Å²) in [6.07, 6.45) is 5.19. The van der Waals surface area contributed by atoms with Crippen LogP contribution in [-0.2, 0) is 0 Å². The number of carbonyl (C=O) groups excluding carboxylic acids is 1. The standard InChI is InChI=1S/C15H11BrN4O/c16-14-7-3-5-12(18-14)15(21)19-11-4-1-2-6-13(11)20-9-8-17-10-20/h1-10H,(H,19,21). The number of hydrogen-bond acceptors (Lipinski definition) is 3. The molecule has 2 aromatic heterocycles. The van der Waals surface area contributed by atoms with Crippen molar-refractivity contribution >= 4 is 27.5 Å². The van der Waals surface area contributed by atoms with Gasteiger partial charge in [-0.3, -0.25) is 4.79 Å². The first-order valence-corrected chi connectivity index (χ1v) is 7.04. The normalized spacial score (nSPS) is 10.3. The second-order valence-electron chi connectivity index (χ2n) is 4.29. The molecule has 0 radical (unpaired) electrons. The SMILES string of the molecule is O=C(Nc1ccccc1-n1ccnc1)c1cccc(Br)n1. The fourth-order valence-electron chi connectivity index (χ4n) is 1.93. The lowest BCUT2D eigenvalue weighted by molar-refractivity contribution is 0.102. The number of imidazole rings is 1. The number of benzene rings is 1. The molecule has 6 heteroatoms. The number of amides is 1. The van der Waals surface area contributed by atoms with Crippen LogP contribution in [0.3, 0.4) is 0 Å². The first-order valence-electron chi connectivity index (χ1n) is 6.25. The highest BCUT2D eigenvalue weighted by atomic mass is 79.9. The van der Waals surface area contributed by atoms with Crippen molar-refractivity contribution in [3.05, 3.63) is 71.5 Å². The van der Waals surface area contributed by atoms with E-state index in [4.69, 9.17) is 0 Å². The minimum Gasteiger partial charge on any atom is -0.319 e. The average Bonchev–Trinajstić information content (AvgIpc) is 3.02. The smallest absolute Gasteiger partial charge is 0.274 e. The maximum absolute atomic E-state index is 12.3. The van der Waals surface area contributed by atoms with Crippen molar-refractivity contribution in [3.63, 3.8) is 0 Å². The van der Waals surface area contributed by atoms with Gasteiger partial charge >= 0.3 is 0 Å². The molecule has 0 aliphatic rings. The van der Waals surface area contributed by atoms with Crippen LogP contribution in [0.2, 0.25) is 0 Å². The summed E-state index contributed by atoms with van der Waals surface area (Å²) in [5.74, 6) is -0.260. The van der Waals surface area contributed by atoms with Crippen LogP contribution in [0.4, 0.5) is 5.69 Å². The Labute approximate surface area is 129 Å². The number of nitrogens with one attached hydrogen (secondary N) is 1. The van der Waals surface area contributed by atoms with Crippen molar-refractivity contribution in [1.29, 1.82) is 0 Å². The third kappa shape index (κ3) is 3.00. The lowest BCUT2D eigenvalue weighted by Crippen LogP contribution is -2.15. The molecule has 1 aromatic carbocycles. The molecule has 5 nitrogen and oxygen atoms in total. The van der Waals surface area contributed by atoms with Crippen molar-refractivity contribution in [2.75, 3.05) is 5.32 Å². The van der Waals surface area contributed by atoms with Crippen LogP contribution in [0, 0.1) is 0 Å². The molecule has 21 heavy (non-hydrogen) atoms. The number of pyridine rings is 1. The van der Waals surface area contributed by atoms with E-state index in [1.54, 1.807) is 30.7 Å². The zero-order valence-corrected chi connectivity index (χ0v) is 12.5. The molecule has 3 rings (SSSR count). The summed E-state index contributed by atoms with van der Waals surface area (Å²) in [6, 6.07) is 12.7. The Bertz CT molecular complexity index is 771. The maximum atomic E-state index is 12.3. The van der Waals surface area contributed by atoms with Crippen LogP contribution in [0.5, 0.6) is 0 Å². The first-order chi connectivity index (χ1) is 10.2. The third-order valence-corrected chi connectivity index (χ3v) is 3.32. The van der Waals surface area contributed by atoms with Gasteiger partial charge < -0.3 is 9.88 Å². The van der Waals surface area contributed by atoms with Gasteiger partial charge in [0.05, 0.1) is 17.7 Å². The zero-order chi connectivity index (χ0) is 14.7. The number of hydrogen-bond donors (Lipinski definition) is 1. The van der Waals surface area contributed by atoms with E-state index in [-0.39, 0.29) is 5.91 Å². The predicted molar refractivity (Wildman–Crippen MR) is 83.5 cm³/mol. The van der Waals surface area contributed by atoms with Crippen molar-refractivity contribution in [3.8, 4) is 5.69 Å². The molecule has 0 spiro atoms. The van der Waals surface area contributed by atoms with Gasteiger partial charge in [0, 0.05) is 12.4 Å². The minimum atomic E-state index is -0.260. The molecule has 0 aliphatic carbocycles.